The molecule has 0 unspecified atom stereocenters. The van der Waals surface area contributed by atoms with Crippen LogP contribution in [0.15, 0.2) is 30.7 Å². The van der Waals surface area contributed by atoms with Crippen LogP contribution in [0.4, 0.5) is 15.9 Å². The smallest absolute Gasteiger partial charge is 0.211 e. The molecule has 1 aliphatic rings. The summed E-state index contributed by atoms with van der Waals surface area (Å²) >= 11 is 0. The number of anilines is 2. The summed E-state index contributed by atoms with van der Waals surface area (Å²) in [6.45, 7) is 0.880. The van der Waals surface area contributed by atoms with Crippen molar-refractivity contribution in [2.75, 3.05) is 30.8 Å². The maximum absolute atomic E-state index is 14.0. The van der Waals surface area contributed by atoms with Gasteiger partial charge in [-0.15, -0.1) is 0 Å². The van der Waals surface area contributed by atoms with Crippen LogP contribution >= 0.6 is 0 Å². The highest BCUT2D eigenvalue weighted by atomic mass is 32.2. The second kappa shape index (κ2) is 6.71. The summed E-state index contributed by atoms with van der Waals surface area (Å²) in [5, 5.41) is 0.650. The van der Waals surface area contributed by atoms with Crippen molar-refractivity contribution in [2.45, 2.75) is 18.9 Å². The molecule has 1 saturated heterocycles. The van der Waals surface area contributed by atoms with E-state index < -0.39 is 15.8 Å². The average molecular weight is 404 g/mol. The number of fused-ring (bicyclic) bond motifs is 1. The Morgan fingerprint density at radius 3 is 2.54 bits per heavy atom. The number of benzene rings is 1. The van der Waals surface area contributed by atoms with Crippen LogP contribution in [-0.4, -0.2) is 46.6 Å². The molecule has 8 nitrogen and oxygen atoms in total. The van der Waals surface area contributed by atoms with Crippen LogP contribution in [0.3, 0.4) is 0 Å². The lowest BCUT2D eigenvalue weighted by molar-refractivity contribution is 0.278. The normalized spacial score (nSPS) is 16.6. The number of halogens is 1. The largest absolute Gasteiger partial charge is 0.396 e. The average Bonchev–Trinajstić information content (AvgIpc) is 3.04. The minimum atomic E-state index is -3.20. The molecule has 10 heteroatoms. The molecule has 2 aromatic heterocycles. The number of aromatic nitrogens is 3. The molecule has 0 radical (unpaired) electrons. The number of hydrogen-bond acceptors (Lipinski definition) is 6. The monoisotopic (exact) mass is 404 g/mol. The van der Waals surface area contributed by atoms with Crippen molar-refractivity contribution < 1.29 is 12.8 Å². The van der Waals surface area contributed by atoms with E-state index in [4.69, 9.17) is 11.5 Å². The van der Waals surface area contributed by atoms with Gasteiger partial charge in [-0.3, -0.25) is 0 Å². The number of nitrogens with zero attached hydrogens (tertiary/aromatic N) is 4. The van der Waals surface area contributed by atoms with Crippen molar-refractivity contribution >= 4 is 32.6 Å². The van der Waals surface area contributed by atoms with Gasteiger partial charge in [0, 0.05) is 30.9 Å². The third-order valence-corrected chi connectivity index (χ3v) is 6.54. The summed E-state index contributed by atoms with van der Waals surface area (Å²) in [5.74, 6) is -0.195. The van der Waals surface area contributed by atoms with Crippen molar-refractivity contribution in [2.24, 2.45) is 0 Å². The first-order valence-corrected chi connectivity index (χ1v) is 10.7. The Bertz CT molecular complexity index is 1150. The van der Waals surface area contributed by atoms with Gasteiger partial charge in [0.15, 0.2) is 0 Å². The Labute approximate surface area is 162 Å². The summed E-state index contributed by atoms with van der Waals surface area (Å²) in [5.41, 5.74) is 13.8. The van der Waals surface area contributed by atoms with Crippen LogP contribution in [0.1, 0.15) is 18.9 Å². The number of piperidine rings is 1. The van der Waals surface area contributed by atoms with Crippen LogP contribution < -0.4 is 11.5 Å². The Morgan fingerprint density at radius 2 is 1.89 bits per heavy atom. The highest BCUT2D eigenvalue weighted by Crippen LogP contribution is 2.37. The number of sulfonamides is 1. The zero-order chi connectivity index (χ0) is 20.1. The topological polar surface area (TPSA) is 120 Å². The molecule has 3 aromatic rings. The van der Waals surface area contributed by atoms with Gasteiger partial charge < -0.3 is 16.0 Å². The van der Waals surface area contributed by atoms with Crippen LogP contribution in [0, 0.1) is 5.82 Å². The third-order valence-electron chi connectivity index (χ3n) is 5.24. The molecule has 3 heterocycles. The van der Waals surface area contributed by atoms with Crippen molar-refractivity contribution in [1.82, 2.24) is 18.8 Å². The van der Waals surface area contributed by atoms with Gasteiger partial charge in [0.25, 0.3) is 0 Å². The molecule has 0 atom stereocenters. The highest BCUT2D eigenvalue weighted by Gasteiger charge is 2.28. The number of rotatable bonds is 3. The van der Waals surface area contributed by atoms with E-state index in [0.29, 0.717) is 48.3 Å². The van der Waals surface area contributed by atoms with Crippen LogP contribution in [0.2, 0.25) is 0 Å². The second-order valence-electron chi connectivity index (χ2n) is 7.04. The molecule has 0 amide bonds. The lowest BCUT2D eigenvalue weighted by Gasteiger charge is -2.31. The second-order valence-corrected chi connectivity index (χ2v) is 9.02. The molecule has 148 valence electrons. The van der Waals surface area contributed by atoms with E-state index in [2.05, 4.69) is 9.97 Å². The van der Waals surface area contributed by atoms with Crippen molar-refractivity contribution in [3.05, 3.63) is 36.5 Å². The molecular weight excluding hydrogens is 383 g/mol. The fraction of sp³-hybridized carbons (Fsp3) is 0.333. The summed E-state index contributed by atoms with van der Waals surface area (Å²) in [4.78, 5) is 8.48. The van der Waals surface area contributed by atoms with Crippen molar-refractivity contribution in [1.29, 1.82) is 0 Å². The zero-order valence-corrected chi connectivity index (χ0v) is 16.2. The molecule has 4 rings (SSSR count). The maximum Gasteiger partial charge on any atom is 0.211 e. The predicted octanol–water partition coefficient (Wildman–Crippen LogP) is 2.00. The number of nitrogens with two attached hydrogens (primary N) is 2. The van der Waals surface area contributed by atoms with Crippen LogP contribution in [0.5, 0.6) is 0 Å². The van der Waals surface area contributed by atoms with Gasteiger partial charge in [-0.05, 0) is 30.5 Å². The Kier molecular flexibility index (Phi) is 4.47. The van der Waals surface area contributed by atoms with Gasteiger partial charge in [0.05, 0.1) is 17.3 Å². The quantitative estimate of drug-likeness (QED) is 0.644. The molecule has 1 fully saturated rings. The molecule has 0 saturated carbocycles. The molecule has 0 spiro atoms. The molecular formula is C18H21FN6O2S. The lowest BCUT2D eigenvalue weighted by atomic mass is 10.1. The minimum absolute atomic E-state index is 0.0576. The van der Waals surface area contributed by atoms with Gasteiger partial charge in [0.2, 0.25) is 10.0 Å². The summed E-state index contributed by atoms with van der Waals surface area (Å²) in [7, 11) is -3.20. The Balaban J connectivity index is 1.79. The van der Waals surface area contributed by atoms with E-state index in [1.807, 2.05) is 10.8 Å². The van der Waals surface area contributed by atoms with Crippen LogP contribution in [0.25, 0.3) is 22.2 Å². The molecule has 1 aliphatic heterocycles. The SMILES string of the molecule is CS(=O)(=O)N1CCC(n2cc(-c3ccc(N)c(F)c3)c3c(N)ncnc32)CC1. The molecule has 0 aliphatic carbocycles. The third kappa shape index (κ3) is 3.18. The van der Waals surface area contributed by atoms with Gasteiger partial charge in [0.1, 0.15) is 23.6 Å². The van der Waals surface area contributed by atoms with Gasteiger partial charge in [-0.2, -0.15) is 0 Å². The fourth-order valence-electron chi connectivity index (χ4n) is 3.75. The van der Waals surface area contributed by atoms with Crippen LogP contribution in [-0.2, 0) is 10.0 Å². The zero-order valence-electron chi connectivity index (χ0n) is 15.3. The molecule has 1 aromatic carbocycles. The summed E-state index contributed by atoms with van der Waals surface area (Å²) in [6, 6.07) is 4.67. The first kappa shape index (κ1) is 18.6. The van der Waals surface area contributed by atoms with Crippen molar-refractivity contribution in [3.63, 3.8) is 0 Å². The molecule has 4 N–H and O–H groups in total. The van der Waals surface area contributed by atoms with Gasteiger partial charge >= 0.3 is 0 Å². The molecule has 28 heavy (non-hydrogen) atoms. The minimum Gasteiger partial charge on any atom is -0.396 e. The van der Waals surface area contributed by atoms with E-state index in [-0.39, 0.29) is 11.7 Å². The molecule has 0 bridgehead atoms. The predicted molar refractivity (Wildman–Crippen MR) is 106 cm³/mol. The maximum atomic E-state index is 14.0. The van der Waals surface area contributed by atoms with E-state index in [9.17, 15) is 12.8 Å². The fourth-order valence-corrected chi connectivity index (χ4v) is 4.63. The van der Waals surface area contributed by atoms with E-state index in [1.54, 1.807) is 6.07 Å². The first-order chi connectivity index (χ1) is 13.3. The standard InChI is InChI=1S/C18H21FN6O2S/c1-28(26,27)24-6-4-12(5-7-24)25-9-13(11-2-3-15(20)14(19)8-11)16-17(21)22-10-23-18(16)25/h2-3,8-10,12H,4-7,20H2,1H3,(H2,21,22,23). The van der Waals surface area contributed by atoms with E-state index in [1.165, 1.54) is 29.0 Å². The highest BCUT2D eigenvalue weighted by molar-refractivity contribution is 7.88. The number of hydrogen-bond donors (Lipinski definition) is 2. The Hall–Kier alpha value is -2.72. The lowest BCUT2D eigenvalue weighted by Crippen LogP contribution is -2.38. The first-order valence-electron chi connectivity index (χ1n) is 8.87. The number of nitrogen functional groups attached to an aromatic ring is 2. The van der Waals surface area contributed by atoms with Gasteiger partial charge in [-0.25, -0.2) is 27.1 Å². The summed E-state index contributed by atoms with van der Waals surface area (Å²) in [6.07, 6.45) is 5.81. The van der Waals surface area contributed by atoms with Gasteiger partial charge in [-0.1, -0.05) is 6.07 Å². The Morgan fingerprint density at radius 1 is 1.18 bits per heavy atom. The summed E-state index contributed by atoms with van der Waals surface area (Å²) < 4.78 is 41.0. The van der Waals surface area contributed by atoms with Crippen molar-refractivity contribution in [3.8, 4) is 11.1 Å². The van der Waals surface area contributed by atoms with E-state index >= 15 is 0 Å². The van der Waals surface area contributed by atoms with E-state index in [0.717, 1.165) is 5.56 Å².